The van der Waals surface area contributed by atoms with E-state index in [4.69, 9.17) is 0 Å². The molecular weight excluding hydrogens is 363 g/mol. The molecule has 0 aliphatic heterocycles. The highest BCUT2D eigenvalue weighted by molar-refractivity contribution is 7.18. The second-order valence-corrected chi connectivity index (χ2v) is 9.57. The van der Waals surface area contributed by atoms with Gasteiger partial charge in [0.05, 0.1) is 11.9 Å². The molecule has 0 fully saturated rings. The Morgan fingerprint density at radius 2 is 2.07 bits per heavy atom. The van der Waals surface area contributed by atoms with Gasteiger partial charge in [-0.05, 0) is 53.9 Å². The second-order valence-electron chi connectivity index (χ2n) is 8.47. The van der Waals surface area contributed by atoms with Crippen LogP contribution in [0.3, 0.4) is 0 Å². The van der Waals surface area contributed by atoms with Crippen LogP contribution in [-0.2, 0) is 19.4 Å². The maximum Gasteiger partial charge on any atom is 0.329 e. The van der Waals surface area contributed by atoms with Gasteiger partial charge in [0.1, 0.15) is 10.6 Å². The van der Waals surface area contributed by atoms with E-state index in [1.165, 1.54) is 32.9 Å². The standard InChI is InChI=1S/C21H23FN2O2S/c1-21(2,3)13-7-8-15-16(10-13)27-18-17(15)19(25)24(20(26)23-18)11-12-5-4-6-14(22)9-12/h4-6,9,13H,7-8,10-11H2,1-3H3,(H,23,26). The van der Waals surface area contributed by atoms with E-state index in [1.807, 2.05) is 0 Å². The van der Waals surface area contributed by atoms with Crippen LogP contribution in [0.5, 0.6) is 0 Å². The van der Waals surface area contributed by atoms with Gasteiger partial charge in [-0.25, -0.2) is 9.18 Å². The maximum atomic E-state index is 13.5. The normalized spacial score (nSPS) is 17.3. The summed E-state index contributed by atoms with van der Waals surface area (Å²) in [6.07, 6.45) is 2.85. The smallest absolute Gasteiger partial charge is 0.298 e. The van der Waals surface area contributed by atoms with Crippen molar-refractivity contribution < 1.29 is 4.39 Å². The Kier molecular flexibility index (Phi) is 4.34. The van der Waals surface area contributed by atoms with E-state index in [-0.39, 0.29) is 23.3 Å². The van der Waals surface area contributed by atoms with Gasteiger partial charge >= 0.3 is 5.69 Å². The van der Waals surface area contributed by atoms with Gasteiger partial charge in [0.2, 0.25) is 0 Å². The molecule has 4 nitrogen and oxygen atoms in total. The van der Waals surface area contributed by atoms with Crippen molar-refractivity contribution in [3.8, 4) is 0 Å². The zero-order chi connectivity index (χ0) is 19.3. The van der Waals surface area contributed by atoms with Gasteiger partial charge in [0, 0.05) is 4.88 Å². The van der Waals surface area contributed by atoms with Gasteiger partial charge in [-0.2, -0.15) is 0 Å². The minimum absolute atomic E-state index is 0.0666. The highest BCUT2D eigenvalue weighted by Gasteiger charge is 2.31. The number of benzene rings is 1. The summed E-state index contributed by atoms with van der Waals surface area (Å²) in [6, 6.07) is 6.01. The van der Waals surface area contributed by atoms with E-state index in [9.17, 15) is 14.0 Å². The van der Waals surface area contributed by atoms with E-state index in [2.05, 4.69) is 25.8 Å². The van der Waals surface area contributed by atoms with Crippen molar-refractivity contribution in [2.24, 2.45) is 11.3 Å². The monoisotopic (exact) mass is 386 g/mol. The van der Waals surface area contributed by atoms with E-state index < -0.39 is 5.69 Å². The molecule has 1 atom stereocenters. The molecule has 0 bridgehead atoms. The van der Waals surface area contributed by atoms with Crippen molar-refractivity contribution in [1.82, 2.24) is 9.55 Å². The fourth-order valence-corrected chi connectivity index (χ4v) is 5.30. The first-order valence-electron chi connectivity index (χ1n) is 9.26. The number of nitrogens with zero attached hydrogens (tertiary/aromatic N) is 1. The average molecular weight is 386 g/mol. The third-order valence-electron chi connectivity index (χ3n) is 5.64. The van der Waals surface area contributed by atoms with Crippen LogP contribution < -0.4 is 11.2 Å². The molecule has 2 aromatic heterocycles. The lowest BCUT2D eigenvalue weighted by molar-refractivity contribution is 0.218. The van der Waals surface area contributed by atoms with Crippen LogP contribution in [0.25, 0.3) is 10.2 Å². The second kappa shape index (κ2) is 6.44. The summed E-state index contributed by atoms with van der Waals surface area (Å²) in [7, 11) is 0. The molecule has 4 rings (SSSR count). The van der Waals surface area contributed by atoms with Crippen LogP contribution in [0.4, 0.5) is 4.39 Å². The van der Waals surface area contributed by atoms with E-state index in [0.717, 1.165) is 24.8 Å². The third-order valence-corrected chi connectivity index (χ3v) is 6.81. The lowest BCUT2D eigenvalue weighted by Gasteiger charge is -2.33. The Labute approximate surface area is 160 Å². The third kappa shape index (κ3) is 3.27. The Bertz CT molecular complexity index is 1130. The van der Waals surface area contributed by atoms with Gasteiger partial charge in [-0.1, -0.05) is 32.9 Å². The van der Waals surface area contributed by atoms with E-state index in [1.54, 1.807) is 12.1 Å². The average Bonchev–Trinajstić information content (AvgIpc) is 2.95. The topological polar surface area (TPSA) is 54.9 Å². The summed E-state index contributed by atoms with van der Waals surface area (Å²) in [5, 5.41) is 0.637. The number of hydrogen-bond donors (Lipinski definition) is 1. The first kappa shape index (κ1) is 18.2. The molecule has 142 valence electrons. The van der Waals surface area contributed by atoms with Gasteiger partial charge in [0.15, 0.2) is 0 Å². The van der Waals surface area contributed by atoms with Crippen LogP contribution in [-0.4, -0.2) is 9.55 Å². The van der Waals surface area contributed by atoms with Crippen molar-refractivity contribution >= 4 is 21.6 Å². The molecule has 0 saturated carbocycles. The number of thiophene rings is 1. The van der Waals surface area contributed by atoms with Crippen LogP contribution in [0.15, 0.2) is 33.9 Å². The van der Waals surface area contributed by atoms with Gasteiger partial charge in [-0.15, -0.1) is 11.3 Å². The number of aryl methyl sites for hydroxylation is 1. The quantitative estimate of drug-likeness (QED) is 0.721. The molecule has 6 heteroatoms. The summed E-state index contributed by atoms with van der Waals surface area (Å²) in [6.45, 7) is 6.83. The molecule has 0 spiro atoms. The van der Waals surface area contributed by atoms with E-state index in [0.29, 0.717) is 21.7 Å². The predicted octanol–water partition coefficient (Wildman–Crippen LogP) is 4.09. The number of halogens is 1. The molecule has 0 radical (unpaired) electrons. The number of nitrogens with one attached hydrogen (secondary N) is 1. The zero-order valence-electron chi connectivity index (χ0n) is 15.8. The van der Waals surface area contributed by atoms with Crippen molar-refractivity contribution in [2.45, 2.75) is 46.6 Å². The number of aromatic amines is 1. The number of rotatable bonds is 2. The number of hydrogen-bond acceptors (Lipinski definition) is 3. The largest absolute Gasteiger partial charge is 0.329 e. The molecule has 1 unspecified atom stereocenters. The van der Waals surface area contributed by atoms with Crippen molar-refractivity contribution in [1.29, 1.82) is 0 Å². The summed E-state index contributed by atoms with van der Waals surface area (Å²) in [5.41, 5.74) is 1.19. The summed E-state index contributed by atoms with van der Waals surface area (Å²) >= 11 is 1.54. The molecular formula is C21H23FN2O2S. The van der Waals surface area contributed by atoms with Crippen molar-refractivity contribution in [3.63, 3.8) is 0 Å². The molecule has 1 aliphatic carbocycles. The number of aromatic nitrogens is 2. The number of fused-ring (bicyclic) bond motifs is 3. The van der Waals surface area contributed by atoms with Gasteiger partial charge in [0.25, 0.3) is 5.56 Å². The summed E-state index contributed by atoms with van der Waals surface area (Å²) in [4.78, 5) is 30.4. The highest BCUT2D eigenvalue weighted by atomic mass is 32.1. The Balaban J connectivity index is 1.81. The number of H-pyrrole nitrogens is 1. The van der Waals surface area contributed by atoms with Gasteiger partial charge in [-0.3, -0.25) is 14.3 Å². The fraction of sp³-hybridized carbons (Fsp3) is 0.429. The van der Waals surface area contributed by atoms with Crippen LogP contribution in [0.2, 0.25) is 0 Å². The maximum absolute atomic E-state index is 13.5. The molecule has 0 amide bonds. The summed E-state index contributed by atoms with van der Waals surface area (Å²) in [5.74, 6) is 0.193. The fourth-order valence-electron chi connectivity index (χ4n) is 3.99. The minimum atomic E-state index is -0.442. The molecule has 1 N–H and O–H groups in total. The van der Waals surface area contributed by atoms with Crippen molar-refractivity contribution in [3.05, 3.63) is 66.9 Å². The minimum Gasteiger partial charge on any atom is -0.298 e. The Hall–Kier alpha value is -2.21. The predicted molar refractivity (Wildman–Crippen MR) is 107 cm³/mol. The molecule has 1 aromatic carbocycles. The SMILES string of the molecule is CC(C)(C)C1CCc2c(sc3[nH]c(=O)n(Cc4cccc(F)c4)c(=O)c23)C1. The summed E-state index contributed by atoms with van der Waals surface area (Å²) < 4.78 is 14.6. The zero-order valence-corrected chi connectivity index (χ0v) is 16.6. The lowest BCUT2D eigenvalue weighted by atomic mass is 9.72. The highest BCUT2D eigenvalue weighted by Crippen LogP contribution is 2.41. The first-order chi connectivity index (χ1) is 12.7. The molecule has 0 saturated heterocycles. The van der Waals surface area contributed by atoms with E-state index >= 15 is 0 Å². The van der Waals surface area contributed by atoms with Crippen molar-refractivity contribution in [2.75, 3.05) is 0 Å². The van der Waals surface area contributed by atoms with Gasteiger partial charge < -0.3 is 0 Å². The molecule has 3 aromatic rings. The first-order valence-corrected chi connectivity index (χ1v) is 10.1. The van der Waals surface area contributed by atoms with Crippen LogP contribution in [0.1, 0.15) is 43.2 Å². The van der Waals surface area contributed by atoms with Crippen LogP contribution in [0, 0.1) is 17.2 Å². The Morgan fingerprint density at radius 1 is 1.30 bits per heavy atom. The molecule has 1 aliphatic rings. The van der Waals surface area contributed by atoms with Crippen LogP contribution >= 0.6 is 11.3 Å². The Morgan fingerprint density at radius 3 is 2.78 bits per heavy atom. The lowest BCUT2D eigenvalue weighted by Crippen LogP contribution is -2.35. The molecule has 27 heavy (non-hydrogen) atoms. The molecule has 2 heterocycles.